The molecule has 7 nitrogen and oxygen atoms in total. The first-order valence-electron chi connectivity index (χ1n) is 9.15. The van der Waals surface area contributed by atoms with Gasteiger partial charge in [-0.1, -0.05) is 6.92 Å². The van der Waals surface area contributed by atoms with Crippen molar-refractivity contribution < 1.29 is 9.21 Å². The molecule has 0 bridgehead atoms. The van der Waals surface area contributed by atoms with Gasteiger partial charge in [0.05, 0.1) is 12.0 Å². The maximum atomic E-state index is 11.6. The summed E-state index contributed by atoms with van der Waals surface area (Å²) in [5, 5.41) is 6.24. The number of amides is 1. The molecule has 3 rings (SSSR count). The van der Waals surface area contributed by atoms with E-state index in [1.54, 1.807) is 6.92 Å². The summed E-state index contributed by atoms with van der Waals surface area (Å²) in [4.78, 5) is 22.6. The Morgan fingerprint density at radius 2 is 2.08 bits per heavy atom. The average molecular weight is 357 g/mol. The zero-order valence-corrected chi connectivity index (χ0v) is 15.7. The van der Waals surface area contributed by atoms with E-state index in [0.717, 1.165) is 49.7 Å². The van der Waals surface area contributed by atoms with E-state index in [9.17, 15) is 4.79 Å². The van der Waals surface area contributed by atoms with Crippen molar-refractivity contribution in [3.63, 3.8) is 0 Å². The van der Waals surface area contributed by atoms with Crippen molar-refractivity contribution in [1.29, 1.82) is 0 Å². The largest absolute Gasteiger partial charge is 0.466 e. The highest BCUT2D eigenvalue weighted by molar-refractivity contribution is 5.73. The van der Waals surface area contributed by atoms with Gasteiger partial charge in [-0.05, 0) is 25.5 Å². The number of carbonyl (C=O) groups excluding carboxylic acids is 1. The van der Waals surface area contributed by atoms with Gasteiger partial charge in [0.15, 0.2) is 0 Å². The van der Waals surface area contributed by atoms with E-state index < -0.39 is 0 Å². The minimum Gasteiger partial charge on any atom is -0.466 e. The van der Waals surface area contributed by atoms with Crippen LogP contribution >= 0.6 is 0 Å². The van der Waals surface area contributed by atoms with Gasteiger partial charge in [-0.15, -0.1) is 0 Å². The van der Waals surface area contributed by atoms with Gasteiger partial charge < -0.3 is 15.1 Å². The third-order valence-electron chi connectivity index (χ3n) is 4.56. The van der Waals surface area contributed by atoms with E-state index in [1.807, 2.05) is 31.5 Å². The molecule has 2 atom stereocenters. The maximum absolute atomic E-state index is 11.6. The number of nitrogens with zero attached hydrogens (tertiary/aromatic N) is 3. The number of hydrogen-bond acceptors (Lipinski definition) is 6. The summed E-state index contributed by atoms with van der Waals surface area (Å²) in [6.07, 6.45) is 4.77. The quantitative estimate of drug-likeness (QED) is 0.791. The molecule has 140 valence electrons. The standard InChI is InChI=1S/C19H27N5O2/c1-4-7-20-19-21-8-15(9-22-19)10-24-11-16(17(12-24)23-14(3)25)18-6-5-13(2)26-18/h5-6,8-9,16-17H,4,7,10-12H2,1-3H3,(H,23,25)(H,20,21,22)/t16-,17-/m1/s1. The van der Waals surface area contributed by atoms with Crippen LogP contribution in [0.5, 0.6) is 0 Å². The fraction of sp³-hybridized carbons (Fsp3) is 0.526. The van der Waals surface area contributed by atoms with Crippen molar-refractivity contribution in [2.45, 2.75) is 45.7 Å². The molecule has 0 spiro atoms. The Balaban J connectivity index is 1.66. The van der Waals surface area contributed by atoms with Crippen molar-refractivity contribution >= 4 is 11.9 Å². The Hall–Kier alpha value is -2.41. The van der Waals surface area contributed by atoms with E-state index in [2.05, 4.69) is 32.4 Å². The molecule has 2 aromatic rings. The van der Waals surface area contributed by atoms with Gasteiger partial charge in [-0.2, -0.15) is 0 Å². The highest BCUT2D eigenvalue weighted by Gasteiger charge is 2.36. The number of furan rings is 1. The van der Waals surface area contributed by atoms with Crippen LogP contribution in [0.2, 0.25) is 0 Å². The van der Waals surface area contributed by atoms with Crippen LogP contribution in [0, 0.1) is 6.92 Å². The van der Waals surface area contributed by atoms with Crippen LogP contribution in [0.25, 0.3) is 0 Å². The Bertz CT molecular complexity index is 728. The Morgan fingerprint density at radius 3 is 2.69 bits per heavy atom. The summed E-state index contributed by atoms with van der Waals surface area (Å²) in [7, 11) is 0. The lowest BCUT2D eigenvalue weighted by Crippen LogP contribution is -2.38. The first-order valence-corrected chi connectivity index (χ1v) is 9.15. The molecule has 1 fully saturated rings. The number of likely N-dealkylation sites (tertiary alicyclic amines) is 1. The predicted octanol–water partition coefficient (Wildman–Crippen LogP) is 2.30. The lowest BCUT2D eigenvalue weighted by atomic mass is 10.0. The zero-order valence-electron chi connectivity index (χ0n) is 15.7. The molecule has 2 aromatic heterocycles. The number of aromatic nitrogens is 2. The Kier molecular flexibility index (Phi) is 5.88. The molecular weight excluding hydrogens is 330 g/mol. The van der Waals surface area contributed by atoms with E-state index >= 15 is 0 Å². The first kappa shape index (κ1) is 18.4. The number of carbonyl (C=O) groups is 1. The monoisotopic (exact) mass is 357 g/mol. The number of hydrogen-bond donors (Lipinski definition) is 2. The molecule has 1 aliphatic rings. The smallest absolute Gasteiger partial charge is 0.222 e. The van der Waals surface area contributed by atoms with Crippen LogP contribution in [0.3, 0.4) is 0 Å². The normalized spacial score (nSPS) is 20.3. The second-order valence-corrected chi connectivity index (χ2v) is 6.90. The summed E-state index contributed by atoms with van der Waals surface area (Å²) in [6.45, 7) is 8.83. The van der Waals surface area contributed by atoms with Crippen molar-refractivity contribution in [2.24, 2.45) is 0 Å². The molecule has 2 N–H and O–H groups in total. The summed E-state index contributed by atoms with van der Waals surface area (Å²) in [6, 6.07) is 4.03. The van der Waals surface area contributed by atoms with Crippen LogP contribution in [-0.4, -0.2) is 46.5 Å². The maximum Gasteiger partial charge on any atom is 0.222 e. The molecule has 0 saturated carbocycles. The van der Waals surface area contributed by atoms with Gasteiger partial charge in [-0.3, -0.25) is 9.69 Å². The van der Waals surface area contributed by atoms with Crippen LogP contribution in [0.1, 0.15) is 43.3 Å². The molecule has 0 aliphatic carbocycles. The van der Waals surface area contributed by atoms with Crippen LogP contribution < -0.4 is 10.6 Å². The molecule has 0 unspecified atom stereocenters. The van der Waals surface area contributed by atoms with E-state index in [4.69, 9.17) is 4.42 Å². The van der Waals surface area contributed by atoms with Gasteiger partial charge >= 0.3 is 0 Å². The Labute approximate surface area is 154 Å². The van der Waals surface area contributed by atoms with Gasteiger partial charge in [-0.25, -0.2) is 9.97 Å². The second-order valence-electron chi connectivity index (χ2n) is 6.90. The van der Waals surface area contributed by atoms with Crippen LogP contribution in [0.4, 0.5) is 5.95 Å². The van der Waals surface area contributed by atoms with Gasteiger partial charge in [0.1, 0.15) is 11.5 Å². The second kappa shape index (κ2) is 8.31. The molecule has 1 saturated heterocycles. The van der Waals surface area contributed by atoms with Crippen molar-refractivity contribution in [3.05, 3.63) is 41.6 Å². The van der Waals surface area contributed by atoms with Crippen LogP contribution in [0.15, 0.2) is 28.9 Å². The summed E-state index contributed by atoms with van der Waals surface area (Å²) in [5.41, 5.74) is 1.06. The molecule has 1 aliphatic heterocycles. The topological polar surface area (TPSA) is 83.3 Å². The highest BCUT2D eigenvalue weighted by Crippen LogP contribution is 2.30. The summed E-state index contributed by atoms with van der Waals surface area (Å²) < 4.78 is 5.82. The minimum atomic E-state index is -0.0141. The predicted molar refractivity (Wildman–Crippen MR) is 99.9 cm³/mol. The van der Waals surface area contributed by atoms with Gasteiger partial charge in [0.2, 0.25) is 11.9 Å². The molecular formula is C19H27N5O2. The molecule has 0 radical (unpaired) electrons. The van der Waals surface area contributed by atoms with Gasteiger partial charge in [0, 0.05) is 51.1 Å². The third kappa shape index (κ3) is 4.60. The van der Waals surface area contributed by atoms with E-state index in [-0.39, 0.29) is 17.9 Å². The molecule has 0 aromatic carbocycles. The number of anilines is 1. The lowest BCUT2D eigenvalue weighted by molar-refractivity contribution is -0.119. The minimum absolute atomic E-state index is 0.0141. The molecule has 3 heterocycles. The van der Waals surface area contributed by atoms with Crippen molar-refractivity contribution in [2.75, 3.05) is 25.0 Å². The van der Waals surface area contributed by atoms with E-state index in [0.29, 0.717) is 5.95 Å². The van der Waals surface area contributed by atoms with E-state index in [1.165, 1.54) is 0 Å². The van der Waals surface area contributed by atoms with Crippen LogP contribution in [-0.2, 0) is 11.3 Å². The fourth-order valence-electron chi connectivity index (χ4n) is 3.39. The van der Waals surface area contributed by atoms with Crippen molar-refractivity contribution in [1.82, 2.24) is 20.2 Å². The van der Waals surface area contributed by atoms with Gasteiger partial charge in [0.25, 0.3) is 0 Å². The number of nitrogens with one attached hydrogen (secondary N) is 2. The third-order valence-corrected chi connectivity index (χ3v) is 4.56. The summed E-state index contributed by atoms with van der Waals surface area (Å²) >= 11 is 0. The first-order chi connectivity index (χ1) is 12.5. The molecule has 1 amide bonds. The highest BCUT2D eigenvalue weighted by atomic mass is 16.3. The van der Waals surface area contributed by atoms with Crippen molar-refractivity contribution in [3.8, 4) is 0 Å². The molecule has 7 heteroatoms. The fourth-order valence-corrected chi connectivity index (χ4v) is 3.39. The zero-order chi connectivity index (χ0) is 18.5. The average Bonchev–Trinajstić information content (AvgIpc) is 3.20. The molecule has 26 heavy (non-hydrogen) atoms. The SMILES string of the molecule is CCCNc1ncc(CN2C[C@@H](NC(C)=O)[C@H](c3ccc(C)o3)C2)cn1. The summed E-state index contributed by atoms with van der Waals surface area (Å²) in [5.74, 6) is 2.62. The Morgan fingerprint density at radius 1 is 1.31 bits per heavy atom. The number of rotatable bonds is 7. The lowest BCUT2D eigenvalue weighted by Gasteiger charge is -2.17. The number of aryl methyl sites for hydroxylation is 1.